The van der Waals surface area contributed by atoms with Crippen LogP contribution in [0.15, 0.2) is 35.7 Å². The van der Waals surface area contributed by atoms with Crippen molar-refractivity contribution in [1.29, 1.82) is 0 Å². The first-order valence-corrected chi connectivity index (χ1v) is 6.80. The van der Waals surface area contributed by atoms with Gasteiger partial charge in [-0.2, -0.15) is 0 Å². The fourth-order valence-electron chi connectivity index (χ4n) is 1.90. The topological polar surface area (TPSA) is 29.3 Å². The molecule has 0 radical (unpaired) electrons. The third-order valence-electron chi connectivity index (χ3n) is 2.83. The van der Waals surface area contributed by atoms with Crippen molar-refractivity contribution < 1.29 is 4.39 Å². The van der Waals surface area contributed by atoms with E-state index in [1.807, 2.05) is 6.07 Å². The molecule has 0 amide bonds. The van der Waals surface area contributed by atoms with Gasteiger partial charge in [-0.25, -0.2) is 4.39 Å². The number of anilines is 2. The summed E-state index contributed by atoms with van der Waals surface area (Å²) in [5, 5.41) is 2.06. The molecular formula is C14H17FN2S. The Bertz CT molecular complexity index is 509. The molecule has 0 unspecified atom stereocenters. The molecule has 0 saturated heterocycles. The Balaban J connectivity index is 2.29. The van der Waals surface area contributed by atoms with E-state index in [0.29, 0.717) is 11.7 Å². The van der Waals surface area contributed by atoms with E-state index < -0.39 is 0 Å². The number of benzene rings is 1. The number of hydrogen-bond donors (Lipinski definition) is 1. The highest BCUT2D eigenvalue weighted by Gasteiger charge is 2.14. The largest absolute Gasteiger partial charge is 0.397 e. The summed E-state index contributed by atoms with van der Waals surface area (Å²) in [6, 6.07) is 9.01. The van der Waals surface area contributed by atoms with Crippen LogP contribution in [0, 0.1) is 5.82 Å². The molecule has 2 N–H and O–H groups in total. The Morgan fingerprint density at radius 3 is 2.67 bits per heavy atom. The lowest BCUT2D eigenvalue weighted by Crippen LogP contribution is -2.30. The van der Waals surface area contributed by atoms with Gasteiger partial charge in [0.2, 0.25) is 0 Å². The van der Waals surface area contributed by atoms with Crippen molar-refractivity contribution in [2.75, 3.05) is 10.6 Å². The summed E-state index contributed by atoms with van der Waals surface area (Å²) in [5.74, 6) is -0.295. The summed E-state index contributed by atoms with van der Waals surface area (Å²) in [7, 11) is 0. The molecule has 0 aliphatic carbocycles. The van der Waals surface area contributed by atoms with Crippen LogP contribution >= 0.6 is 11.3 Å². The number of rotatable bonds is 4. The zero-order valence-electron chi connectivity index (χ0n) is 10.6. The van der Waals surface area contributed by atoms with Crippen LogP contribution in [0.2, 0.25) is 0 Å². The predicted molar refractivity (Wildman–Crippen MR) is 76.5 cm³/mol. The van der Waals surface area contributed by atoms with Crippen LogP contribution in [0.1, 0.15) is 18.7 Å². The number of thiophene rings is 1. The van der Waals surface area contributed by atoms with E-state index in [0.717, 1.165) is 12.2 Å². The van der Waals surface area contributed by atoms with Crippen LogP contribution in [-0.4, -0.2) is 6.04 Å². The Hall–Kier alpha value is -1.55. The van der Waals surface area contributed by atoms with Gasteiger partial charge in [0.25, 0.3) is 0 Å². The number of nitrogen functional groups attached to an aromatic ring is 1. The van der Waals surface area contributed by atoms with E-state index in [1.54, 1.807) is 17.4 Å². The highest BCUT2D eigenvalue weighted by molar-refractivity contribution is 7.09. The van der Waals surface area contributed by atoms with Gasteiger partial charge in [-0.3, -0.25) is 0 Å². The first-order chi connectivity index (χ1) is 8.58. The monoisotopic (exact) mass is 264 g/mol. The maximum Gasteiger partial charge on any atom is 0.125 e. The molecular weight excluding hydrogens is 247 g/mol. The number of nitrogens with zero attached hydrogens (tertiary/aromatic N) is 1. The molecule has 0 aliphatic heterocycles. The molecule has 1 aromatic heterocycles. The quantitative estimate of drug-likeness (QED) is 0.849. The van der Waals surface area contributed by atoms with Gasteiger partial charge in [0, 0.05) is 10.9 Å². The van der Waals surface area contributed by atoms with Gasteiger partial charge in [0.1, 0.15) is 5.82 Å². The standard InChI is InChI=1S/C14H17FN2S/c1-10(2)17(9-12-4-3-7-18-12)14-6-5-11(15)8-13(14)16/h3-8,10H,9,16H2,1-2H3. The number of nitrogens with two attached hydrogens (primary N) is 1. The molecule has 2 rings (SSSR count). The molecule has 0 fully saturated rings. The fourth-order valence-corrected chi connectivity index (χ4v) is 2.61. The van der Waals surface area contributed by atoms with Crippen molar-refractivity contribution in [2.45, 2.75) is 26.4 Å². The zero-order chi connectivity index (χ0) is 13.1. The summed E-state index contributed by atoms with van der Waals surface area (Å²) < 4.78 is 13.1. The van der Waals surface area contributed by atoms with Crippen LogP contribution in [0.3, 0.4) is 0 Å². The summed E-state index contributed by atoms with van der Waals surface area (Å²) in [6.07, 6.45) is 0. The Morgan fingerprint density at radius 2 is 2.11 bits per heavy atom. The van der Waals surface area contributed by atoms with Gasteiger partial charge in [-0.05, 0) is 43.5 Å². The van der Waals surface area contributed by atoms with Gasteiger partial charge in [-0.1, -0.05) is 6.07 Å². The van der Waals surface area contributed by atoms with E-state index >= 15 is 0 Å². The van der Waals surface area contributed by atoms with Crippen molar-refractivity contribution in [3.8, 4) is 0 Å². The second kappa shape index (κ2) is 5.40. The van der Waals surface area contributed by atoms with Crippen molar-refractivity contribution >= 4 is 22.7 Å². The van der Waals surface area contributed by atoms with Crippen molar-refractivity contribution in [1.82, 2.24) is 0 Å². The highest BCUT2D eigenvalue weighted by atomic mass is 32.1. The molecule has 2 nitrogen and oxygen atoms in total. The van der Waals surface area contributed by atoms with E-state index in [1.165, 1.54) is 17.0 Å². The minimum Gasteiger partial charge on any atom is -0.397 e. The lowest BCUT2D eigenvalue weighted by atomic mass is 10.2. The van der Waals surface area contributed by atoms with Gasteiger partial charge < -0.3 is 10.6 Å². The normalized spacial score (nSPS) is 10.9. The zero-order valence-corrected chi connectivity index (χ0v) is 11.4. The molecule has 96 valence electrons. The van der Waals surface area contributed by atoms with Gasteiger partial charge >= 0.3 is 0 Å². The second-order valence-electron chi connectivity index (χ2n) is 4.50. The maximum absolute atomic E-state index is 13.1. The van der Waals surface area contributed by atoms with E-state index in [9.17, 15) is 4.39 Å². The van der Waals surface area contributed by atoms with Crippen LogP contribution in [-0.2, 0) is 6.54 Å². The highest BCUT2D eigenvalue weighted by Crippen LogP contribution is 2.28. The average molecular weight is 264 g/mol. The van der Waals surface area contributed by atoms with Gasteiger partial charge in [0.05, 0.1) is 17.9 Å². The summed E-state index contributed by atoms with van der Waals surface area (Å²) >= 11 is 1.72. The van der Waals surface area contributed by atoms with E-state index in [-0.39, 0.29) is 5.82 Å². The molecule has 0 bridgehead atoms. The first-order valence-electron chi connectivity index (χ1n) is 5.92. The second-order valence-corrected chi connectivity index (χ2v) is 5.54. The van der Waals surface area contributed by atoms with E-state index in [2.05, 4.69) is 30.2 Å². The van der Waals surface area contributed by atoms with Crippen molar-refractivity contribution in [3.05, 3.63) is 46.4 Å². The third-order valence-corrected chi connectivity index (χ3v) is 3.69. The molecule has 2 aromatic rings. The molecule has 4 heteroatoms. The maximum atomic E-state index is 13.1. The van der Waals surface area contributed by atoms with Crippen molar-refractivity contribution in [3.63, 3.8) is 0 Å². The summed E-state index contributed by atoms with van der Waals surface area (Å²) in [6.45, 7) is 5.01. The lowest BCUT2D eigenvalue weighted by Gasteiger charge is -2.29. The molecule has 1 aromatic carbocycles. The average Bonchev–Trinajstić information content (AvgIpc) is 2.79. The molecule has 0 atom stereocenters. The number of halogens is 1. The van der Waals surface area contributed by atoms with Crippen LogP contribution in [0.25, 0.3) is 0 Å². The smallest absolute Gasteiger partial charge is 0.125 e. The SMILES string of the molecule is CC(C)N(Cc1cccs1)c1ccc(F)cc1N. The minimum atomic E-state index is -0.295. The molecule has 0 saturated carbocycles. The molecule has 18 heavy (non-hydrogen) atoms. The minimum absolute atomic E-state index is 0.295. The Morgan fingerprint density at radius 1 is 1.33 bits per heavy atom. The molecule has 0 spiro atoms. The third kappa shape index (κ3) is 2.82. The Kier molecular flexibility index (Phi) is 3.87. The lowest BCUT2D eigenvalue weighted by molar-refractivity contribution is 0.626. The van der Waals surface area contributed by atoms with Crippen LogP contribution in [0.4, 0.5) is 15.8 Å². The first kappa shape index (κ1) is 12.9. The van der Waals surface area contributed by atoms with E-state index in [4.69, 9.17) is 5.73 Å². The fraction of sp³-hybridized carbons (Fsp3) is 0.286. The van der Waals surface area contributed by atoms with Gasteiger partial charge in [-0.15, -0.1) is 11.3 Å². The number of hydrogen-bond acceptors (Lipinski definition) is 3. The predicted octanol–water partition coefficient (Wildman–Crippen LogP) is 3.88. The molecule has 1 heterocycles. The molecule has 0 aliphatic rings. The summed E-state index contributed by atoms with van der Waals surface area (Å²) in [4.78, 5) is 3.45. The Labute approximate surface area is 111 Å². The van der Waals surface area contributed by atoms with Crippen LogP contribution < -0.4 is 10.6 Å². The van der Waals surface area contributed by atoms with Crippen molar-refractivity contribution in [2.24, 2.45) is 0 Å². The van der Waals surface area contributed by atoms with Gasteiger partial charge in [0.15, 0.2) is 0 Å². The van der Waals surface area contributed by atoms with Crippen LogP contribution in [0.5, 0.6) is 0 Å². The summed E-state index contributed by atoms with van der Waals surface area (Å²) in [5.41, 5.74) is 7.29.